The number of rotatable bonds is 8. The zero-order valence-electron chi connectivity index (χ0n) is 13.8. The summed E-state index contributed by atoms with van der Waals surface area (Å²) in [6.45, 7) is 7.81. The van der Waals surface area contributed by atoms with E-state index in [0.717, 1.165) is 22.5 Å². The molecular weight excluding hydrogens is 284 g/mol. The fraction of sp³-hybridized carbons (Fsp3) is 0.200. The maximum absolute atomic E-state index is 6.19. The van der Waals surface area contributed by atoms with E-state index in [1.165, 1.54) is 0 Å². The van der Waals surface area contributed by atoms with Gasteiger partial charge < -0.3 is 15.4 Å². The van der Waals surface area contributed by atoms with Crippen LogP contribution >= 0.6 is 0 Å². The van der Waals surface area contributed by atoms with Crippen molar-refractivity contribution in [1.29, 1.82) is 0 Å². The van der Waals surface area contributed by atoms with Gasteiger partial charge in [-0.3, -0.25) is 0 Å². The zero-order chi connectivity index (χ0) is 16.7. The summed E-state index contributed by atoms with van der Waals surface area (Å²) in [4.78, 5) is 0. The molecule has 0 radical (unpaired) electrons. The number of benzene rings is 2. The van der Waals surface area contributed by atoms with Gasteiger partial charge in [-0.15, -0.1) is 13.2 Å². The van der Waals surface area contributed by atoms with Gasteiger partial charge in [0.15, 0.2) is 0 Å². The summed E-state index contributed by atoms with van der Waals surface area (Å²) >= 11 is 0. The van der Waals surface area contributed by atoms with Crippen molar-refractivity contribution < 1.29 is 4.74 Å². The normalized spacial score (nSPS) is 13.0. The van der Waals surface area contributed by atoms with Crippen molar-refractivity contribution in [3.8, 4) is 0 Å². The molecule has 0 saturated heterocycles. The number of nitrogens with one attached hydrogen (secondary N) is 2. The summed E-state index contributed by atoms with van der Waals surface area (Å²) in [6, 6.07) is 16.3. The Bertz CT molecular complexity index is 574. The predicted octanol–water partition coefficient (Wildman–Crippen LogP) is 4.94. The highest BCUT2D eigenvalue weighted by Gasteiger charge is 2.15. The molecular formula is C20H24N2O. The molecule has 0 fully saturated rings. The minimum absolute atomic E-state index is 0.187. The molecule has 2 N–H and O–H groups in total. The van der Waals surface area contributed by atoms with Crippen LogP contribution in [0.2, 0.25) is 0 Å². The van der Waals surface area contributed by atoms with Crippen LogP contribution < -0.4 is 10.6 Å². The molecule has 23 heavy (non-hydrogen) atoms. The third-order valence-electron chi connectivity index (χ3n) is 3.78. The second-order valence-electron chi connectivity index (χ2n) is 5.19. The van der Waals surface area contributed by atoms with Crippen molar-refractivity contribution in [2.75, 3.05) is 24.7 Å². The highest BCUT2D eigenvalue weighted by Crippen LogP contribution is 2.29. The molecule has 0 saturated carbocycles. The van der Waals surface area contributed by atoms with E-state index in [2.05, 4.69) is 23.8 Å². The Morgan fingerprint density at radius 1 is 0.739 bits per heavy atom. The van der Waals surface area contributed by atoms with Crippen LogP contribution in [0.4, 0.5) is 11.4 Å². The molecule has 0 aliphatic carbocycles. The topological polar surface area (TPSA) is 33.3 Å². The Morgan fingerprint density at radius 2 is 1.09 bits per heavy atom. The Hall–Kier alpha value is -2.52. The van der Waals surface area contributed by atoms with Crippen LogP contribution in [0.15, 0.2) is 73.8 Å². The smallest absolute Gasteiger partial charge is 0.102 e. The molecule has 2 rings (SSSR count). The Kier molecular flexibility index (Phi) is 6.01. The average molecular weight is 308 g/mol. The monoisotopic (exact) mass is 308 g/mol. The van der Waals surface area contributed by atoms with Crippen molar-refractivity contribution in [2.45, 2.75) is 12.2 Å². The van der Waals surface area contributed by atoms with E-state index >= 15 is 0 Å². The van der Waals surface area contributed by atoms with Crippen molar-refractivity contribution in [1.82, 2.24) is 0 Å². The van der Waals surface area contributed by atoms with E-state index in [1.54, 1.807) is 0 Å². The third-order valence-corrected chi connectivity index (χ3v) is 3.78. The summed E-state index contributed by atoms with van der Waals surface area (Å²) in [6.07, 6.45) is 3.25. The van der Waals surface area contributed by atoms with Crippen LogP contribution in [-0.4, -0.2) is 14.1 Å². The molecule has 3 nitrogen and oxygen atoms in total. The van der Waals surface area contributed by atoms with Gasteiger partial charge in [-0.2, -0.15) is 0 Å². The van der Waals surface area contributed by atoms with Gasteiger partial charge in [-0.25, -0.2) is 0 Å². The molecule has 2 atom stereocenters. The highest BCUT2D eigenvalue weighted by atomic mass is 16.5. The van der Waals surface area contributed by atoms with Crippen LogP contribution in [0.25, 0.3) is 0 Å². The van der Waals surface area contributed by atoms with Gasteiger partial charge in [-0.05, 0) is 35.4 Å². The maximum Gasteiger partial charge on any atom is 0.102 e. The lowest BCUT2D eigenvalue weighted by molar-refractivity contribution is 0.0403. The second kappa shape index (κ2) is 8.20. The fourth-order valence-electron chi connectivity index (χ4n) is 2.38. The van der Waals surface area contributed by atoms with E-state index in [4.69, 9.17) is 4.74 Å². The van der Waals surface area contributed by atoms with Gasteiger partial charge >= 0.3 is 0 Å². The standard InChI is InChI=1S/C20H24N2O/c1-5-19(15-7-11-17(21-3)12-8-15)23-20(6-2)16-9-13-18(22-4)14-10-16/h5-14,19-22H,1-2H2,3-4H3. The van der Waals surface area contributed by atoms with Crippen molar-refractivity contribution >= 4 is 11.4 Å². The van der Waals surface area contributed by atoms with Gasteiger partial charge in [0.1, 0.15) is 12.2 Å². The van der Waals surface area contributed by atoms with Gasteiger partial charge in [-0.1, -0.05) is 36.4 Å². The van der Waals surface area contributed by atoms with E-state index < -0.39 is 0 Å². The molecule has 2 aromatic carbocycles. The summed E-state index contributed by atoms with van der Waals surface area (Å²) in [7, 11) is 3.80. The molecule has 2 unspecified atom stereocenters. The Balaban J connectivity index is 2.16. The molecule has 0 amide bonds. The Morgan fingerprint density at radius 3 is 1.35 bits per heavy atom. The van der Waals surface area contributed by atoms with E-state index in [0.29, 0.717) is 0 Å². The number of anilines is 2. The van der Waals surface area contributed by atoms with Crippen LogP contribution in [-0.2, 0) is 4.74 Å². The van der Waals surface area contributed by atoms with Gasteiger partial charge in [0.25, 0.3) is 0 Å². The zero-order valence-corrected chi connectivity index (χ0v) is 13.8. The minimum Gasteiger partial charge on any atom is -0.388 e. The predicted molar refractivity (Wildman–Crippen MR) is 98.9 cm³/mol. The minimum atomic E-state index is -0.187. The van der Waals surface area contributed by atoms with Crippen molar-refractivity contribution in [2.24, 2.45) is 0 Å². The van der Waals surface area contributed by atoms with E-state index in [1.807, 2.05) is 74.8 Å². The number of hydrogen-bond acceptors (Lipinski definition) is 3. The molecule has 0 bridgehead atoms. The number of ether oxygens (including phenoxy) is 1. The fourth-order valence-corrected chi connectivity index (χ4v) is 2.38. The van der Waals surface area contributed by atoms with Crippen LogP contribution in [0.5, 0.6) is 0 Å². The highest BCUT2D eigenvalue weighted by molar-refractivity contribution is 5.45. The van der Waals surface area contributed by atoms with Crippen LogP contribution in [0.1, 0.15) is 23.3 Å². The quantitative estimate of drug-likeness (QED) is 0.678. The van der Waals surface area contributed by atoms with Gasteiger partial charge in [0.05, 0.1) is 0 Å². The van der Waals surface area contributed by atoms with Crippen molar-refractivity contribution in [3.05, 3.63) is 85.0 Å². The van der Waals surface area contributed by atoms with Crippen LogP contribution in [0.3, 0.4) is 0 Å². The maximum atomic E-state index is 6.19. The molecule has 0 spiro atoms. The first-order valence-electron chi connectivity index (χ1n) is 7.67. The van der Waals surface area contributed by atoms with E-state index in [-0.39, 0.29) is 12.2 Å². The first kappa shape index (κ1) is 16.8. The Labute approximate surface area is 138 Å². The summed E-state index contributed by atoms with van der Waals surface area (Å²) in [5.41, 5.74) is 4.27. The average Bonchev–Trinajstić information content (AvgIpc) is 2.63. The van der Waals surface area contributed by atoms with Gasteiger partial charge in [0, 0.05) is 25.5 Å². The lowest BCUT2D eigenvalue weighted by atomic mass is 10.1. The molecule has 3 heteroatoms. The molecule has 0 aromatic heterocycles. The lowest BCUT2D eigenvalue weighted by Gasteiger charge is -2.21. The van der Waals surface area contributed by atoms with Crippen LogP contribution in [0, 0.1) is 0 Å². The molecule has 120 valence electrons. The summed E-state index contributed by atoms with van der Waals surface area (Å²) in [5, 5.41) is 6.22. The van der Waals surface area contributed by atoms with Gasteiger partial charge in [0.2, 0.25) is 0 Å². The molecule has 2 aromatic rings. The molecule has 0 aliphatic rings. The molecule has 0 heterocycles. The second-order valence-corrected chi connectivity index (χ2v) is 5.19. The first-order valence-corrected chi connectivity index (χ1v) is 7.67. The summed E-state index contributed by atoms with van der Waals surface area (Å²) < 4.78 is 6.19. The SMILES string of the molecule is C=CC(OC(C=C)c1ccc(NC)cc1)c1ccc(NC)cc1. The largest absolute Gasteiger partial charge is 0.388 e. The third kappa shape index (κ3) is 4.24. The van der Waals surface area contributed by atoms with Crippen molar-refractivity contribution in [3.63, 3.8) is 0 Å². The summed E-state index contributed by atoms with van der Waals surface area (Å²) in [5.74, 6) is 0. The first-order chi connectivity index (χ1) is 11.2. The van der Waals surface area contributed by atoms with E-state index in [9.17, 15) is 0 Å². The lowest BCUT2D eigenvalue weighted by Crippen LogP contribution is -2.07. The number of hydrogen-bond donors (Lipinski definition) is 2. The molecule has 0 aliphatic heterocycles.